The van der Waals surface area contributed by atoms with Gasteiger partial charge in [-0.25, -0.2) is 0 Å². The lowest BCUT2D eigenvalue weighted by molar-refractivity contribution is 0.0842. The van der Waals surface area contributed by atoms with Crippen molar-refractivity contribution in [2.24, 2.45) is 5.92 Å². The molecule has 0 spiro atoms. The Balaban J connectivity index is 2.87. The van der Waals surface area contributed by atoms with Crippen LogP contribution in [0.5, 0.6) is 0 Å². The molecule has 0 unspecified atom stereocenters. The Hall–Kier alpha value is -0.900. The Morgan fingerprint density at radius 3 is 2.17 bits per heavy atom. The summed E-state index contributed by atoms with van der Waals surface area (Å²) in [4.78, 5) is 0. The van der Waals surface area contributed by atoms with Crippen LogP contribution in [-0.4, -0.2) is 33.6 Å². The second kappa shape index (κ2) is 6.32. The summed E-state index contributed by atoms with van der Waals surface area (Å²) in [6.45, 7) is 13.5. The van der Waals surface area contributed by atoms with Gasteiger partial charge in [-0.2, -0.15) is 0 Å². The van der Waals surface area contributed by atoms with Crippen LogP contribution in [0.1, 0.15) is 32.6 Å². The lowest BCUT2D eigenvalue weighted by atomic mass is 9.83. The number of hydrogen-bond acceptors (Lipinski definition) is 3. The van der Waals surface area contributed by atoms with Gasteiger partial charge in [0.2, 0.25) is 0 Å². The van der Waals surface area contributed by atoms with Crippen molar-refractivity contribution in [1.82, 2.24) is 0 Å². The molecule has 1 aliphatic rings. The first-order valence-corrected chi connectivity index (χ1v) is 6.38. The SMILES string of the molecule is C=C(C)[C@@H]1CCC(=C)[C@H](O)C[C@H](O)C(=C)[C@@H](O)C1. The van der Waals surface area contributed by atoms with Gasteiger partial charge in [-0.15, -0.1) is 0 Å². The molecule has 3 N–H and O–H groups in total. The van der Waals surface area contributed by atoms with Gasteiger partial charge in [-0.1, -0.05) is 25.3 Å². The van der Waals surface area contributed by atoms with Gasteiger partial charge in [0.25, 0.3) is 0 Å². The summed E-state index contributed by atoms with van der Waals surface area (Å²) in [5.74, 6) is 0.158. The molecule has 1 fully saturated rings. The van der Waals surface area contributed by atoms with E-state index in [9.17, 15) is 15.3 Å². The Bertz CT molecular complexity index is 346. The molecular formula is C15H24O3. The van der Waals surface area contributed by atoms with E-state index in [0.717, 1.165) is 17.6 Å². The molecule has 3 heteroatoms. The monoisotopic (exact) mass is 252 g/mol. The number of hydrogen-bond donors (Lipinski definition) is 3. The Labute approximate surface area is 109 Å². The van der Waals surface area contributed by atoms with Crippen LogP contribution in [0.15, 0.2) is 36.5 Å². The molecule has 3 nitrogen and oxygen atoms in total. The predicted octanol–water partition coefficient (Wildman–Crippen LogP) is 1.95. The summed E-state index contributed by atoms with van der Waals surface area (Å²) in [6.07, 6.45) is -0.208. The number of allylic oxidation sites excluding steroid dienone is 1. The van der Waals surface area contributed by atoms with Crippen molar-refractivity contribution < 1.29 is 15.3 Å². The van der Waals surface area contributed by atoms with Crippen molar-refractivity contribution in [3.05, 3.63) is 36.5 Å². The summed E-state index contributed by atoms with van der Waals surface area (Å²) in [5, 5.41) is 29.8. The first kappa shape index (κ1) is 15.2. The zero-order valence-corrected chi connectivity index (χ0v) is 11.1. The summed E-state index contributed by atoms with van der Waals surface area (Å²) >= 11 is 0. The molecule has 4 atom stereocenters. The van der Waals surface area contributed by atoms with Gasteiger partial charge in [-0.3, -0.25) is 0 Å². The molecule has 0 aromatic rings. The molecule has 0 radical (unpaired) electrons. The fraction of sp³-hybridized carbons (Fsp3) is 0.600. The summed E-state index contributed by atoms with van der Waals surface area (Å²) in [6, 6.07) is 0. The van der Waals surface area contributed by atoms with Crippen LogP contribution in [0.3, 0.4) is 0 Å². The third-order valence-corrected chi connectivity index (χ3v) is 3.79. The fourth-order valence-corrected chi connectivity index (χ4v) is 2.26. The Kier molecular flexibility index (Phi) is 5.32. The second-order valence-corrected chi connectivity index (χ2v) is 5.33. The highest BCUT2D eigenvalue weighted by Crippen LogP contribution is 2.29. The van der Waals surface area contributed by atoms with Crippen LogP contribution < -0.4 is 0 Å². The maximum absolute atomic E-state index is 10.0. The molecule has 0 aliphatic heterocycles. The van der Waals surface area contributed by atoms with Gasteiger partial charge in [-0.05, 0) is 43.3 Å². The molecular weight excluding hydrogens is 228 g/mol. The largest absolute Gasteiger partial charge is 0.389 e. The Morgan fingerprint density at radius 2 is 1.61 bits per heavy atom. The van der Waals surface area contributed by atoms with Crippen LogP contribution in [0, 0.1) is 5.92 Å². The fourth-order valence-electron chi connectivity index (χ4n) is 2.26. The predicted molar refractivity (Wildman–Crippen MR) is 73.1 cm³/mol. The van der Waals surface area contributed by atoms with Crippen molar-refractivity contribution in [3.8, 4) is 0 Å². The van der Waals surface area contributed by atoms with E-state index in [-0.39, 0.29) is 12.3 Å². The maximum atomic E-state index is 10.0. The van der Waals surface area contributed by atoms with Crippen LogP contribution in [0.4, 0.5) is 0 Å². The summed E-state index contributed by atoms with van der Waals surface area (Å²) in [7, 11) is 0. The van der Waals surface area contributed by atoms with Gasteiger partial charge in [0.15, 0.2) is 0 Å². The molecule has 1 rings (SSSR count). The van der Waals surface area contributed by atoms with Crippen molar-refractivity contribution in [2.45, 2.75) is 50.9 Å². The molecule has 0 aromatic carbocycles. The minimum atomic E-state index is -0.893. The first-order chi connectivity index (χ1) is 8.32. The smallest absolute Gasteiger partial charge is 0.0800 e. The van der Waals surface area contributed by atoms with Crippen LogP contribution in [0.25, 0.3) is 0 Å². The maximum Gasteiger partial charge on any atom is 0.0800 e. The highest BCUT2D eigenvalue weighted by atomic mass is 16.3. The third kappa shape index (κ3) is 3.80. The lowest BCUT2D eigenvalue weighted by Crippen LogP contribution is -2.29. The second-order valence-electron chi connectivity index (χ2n) is 5.33. The molecule has 0 amide bonds. The minimum Gasteiger partial charge on any atom is -0.389 e. The zero-order valence-electron chi connectivity index (χ0n) is 11.1. The number of aliphatic hydroxyl groups excluding tert-OH is 3. The van der Waals surface area contributed by atoms with E-state index >= 15 is 0 Å². The van der Waals surface area contributed by atoms with Crippen molar-refractivity contribution in [3.63, 3.8) is 0 Å². The zero-order chi connectivity index (χ0) is 13.9. The molecule has 1 saturated carbocycles. The highest BCUT2D eigenvalue weighted by Gasteiger charge is 2.26. The van der Waals surface area contributed by atoms with Crippen molar-refractivity contribution in [1.29, 1.82) is 0 Å². The summed E-state index contributed by atoms with van der Waals surface area (Å²) in [5.41, 5.74) is 2.10. The van der Waals surface area contributed by atoms with E-state index < -0.39 is 18.3 Å². The number of aliphatic hydroxyl groups is 3. The molecule has 102 valence electrons. The Morgan fingerprint density at radius 1 is 1.06 bits per heavy atom. The van der Waals surface area contributed by atoms with Crippen molar-refractivity contribution in [2.75, 3.05) is 0 Å². The average Bonchev–Trinajstić information content (AvgIpc) is 2.30. The number of rotatable bonds is 1. The van der Waals surface area contributed by atoms with E-state index in [1.54, 1.807) is 0 Å². The molecule has 1 aliphatic carbocycles. The van der Waals surface area contributed by atoms with Gasteiger partial charge in [0.05, 0.1) is 18.3 Å². The van der Waals surface area contributed by atoms with E-state index in [1.807, 2.05) is 6.92 Å². The van der Waals surface area contributed by atoms with Gasteiger partial charge in [0, 0.05) is 6.42 Å². The van der Waals surface area contributed by atoms with E-state index in [1.165, 1.54) is 0 Å². The summed E-state index contributed by atoms with van der Waals surface area (Å²) < 4.78 is 0. The minimum absolute atomic E-state index is 0.158. The van der Waals surface area contributed by atoms with E-state index in [4.69, 9.17) is 0 Å². The first-order valence-electron chi connectivity index (χ1n) is 6.38. The standard InChI is InChI=1S/C15H24O3/c1-9(2)12-6-5-10(3)13(16)8-15(18)11(4)14(17)7-12/h12-18H,1,3-8H2,2H3/t12-,13-,14+,15+/m1/s1. The van der Waals surface area contributed by atoms with Crippen LogP contribution in [-0.2, 0) is 0 Å². The molecule has 18 heavy (non-hydrogen) atoms. The molecule has 0 heterocycles. The van der Waals surface area contributed by atoms with Gasteiger partial charge < -0.3 is 15.3 Å². The van der Waals surface area contributed by atoms with E-state index in [0.29, 0.717) is 18.4 Å². The normalized spacial score (nSPS) is 35.3. The lowest BCUT2D eigenvalue weighted by Gasteiger charge is -2.28. The van der Waals surface area contributed by atoms with Crippen molar-refractivity contribution >= 4 is 0 Å². The van der Waals surface area contributed by atoms with Crippen LogP contribution >= 0.6 is 0 Å². The molecule has 0 aromatic heterocycles. The highest BCUT2D eigenvalue weighted by molar-refractivity contribution is 5.15. The average molecular weight is 252 g/mol. The quantitative estimate of drug-likeness (QED) is 0.625. The van der Waals surface area contributed by atoms with Crippen LogP contribution in [0.2, 0.25) is 0 Å². The molecule has 0 bridgehead atoms. The topological polar surface area (TPSA) is 60.7 Å². The molecule has 0 saturated heterocycles. The van der Waals surface area contributed by atoms with Gasteiger partial charge >= 0.3 is 0 Å². The third-order valence-electron chi connectivity index (χ3n) is 3.79. The van der Waals surface area contributed by atoms with E-state index in [2.05, 4.69) is 19.7 Å². The van der Waals surface area contributed by atoms with Gasteiger partial charge in [0.1, 0.15) is 0 Å².